The SMILES string of the molecule is CC[C@@H](C)[NH2+]CCOc1ccccc1-c1ccccc1. The van der Waals surface area contributed by atoms with Crippen LogP contribution in [-0.2, 0) is 0 Å². The highest BCUT2D eigenvalue weighted by Crippen LogP contribution is 2.29. The summed E-state index contributed by atoms with van der Waals surface area (Å²) in [5.74, 6) is 0.969. The van der Waals surface area contributed by atoms with Crippen LogP contribution >= 0.6 is 0 Å². The molecule has 1 atom stereocenters. The molecule has 0 radical (unpaired) electrons. The molecule has 106 valence electrons. The first-order valence-corrected chi connectivity index (χ1v) is 7.42. The number of para-hydroxylation sites is 1. The Bertz CT molecular complexity index is 510. The lowest BCUT2D eigenvalue weighted by molar-refractivity contribution is -0.686. The molecule has 2 heteroatoms. The van der Waals surface area contributed by atoms with Gasteiger partial charge in [0.1, 0.15) is 18.9 Å². The Morgan fingerprint density at radius 2 is 1.70 bits per heavy atom. The summed E-state index contributed by atoms with van der Waals surface area (Å²) in [6, 6.07) is 19.3. The number of benzene rings is 2. The summed E-state index contributed by atoms with van der Waals surface area (Å²) in [6.45, 7) is 6.21. The summed E-state index contributed by atoms with van der Waals surface area (Å²) >= 11 is 0. The molecule has 20 heavy (non-hydrogen) atoms. The molecule has 2 N–H and O–H groups in total. The summed E-state index contributed by atoms with van der Waals surface area (Å²) in [4.78, 5) is 0. The lowest BCUT2D eigenvalue weighted by Crippen LogP contribution is -2.90. The van der Waals surface area contributed by atoms with Gasteiger partial charge in [-0.1, -0.05) is 55.5 Å². The molecule has 2 aromatic rings. The van der Waals surface area contributed by atoms with Gasteiger partial charge in [0.05, 0.1) is 6.04 Å². The van der Waals surface area contributed by atoms with Gasteiger partial charge >= 0.3 is 0 Å². The maximum atomic E-state index is 5.96. The highest BCUT2D eigenvalue weighted by atomic mass is 16.5. The topological polar surface area (TPSA) is 25.8 Å². The Balaban J connectivity index is 1.99. The molecular formula is C18H24NO+. The fourth-order valence-corrected chi connectivity index (χ4v) is 2.14. The van der Waals surface area contributed by atoms with Crippen molar-refractivity contribution >= 4 is 0 Å². The quantitative estimate of drug-likeness (QED) is 0.769. The van der Waals surface area contributed by atoms with Crippen LogP contribution in [0.4, 0.5) is 0 Å². The van der Waals surface area contributed by atoms with E-state index in [0.717, 1.165) is 24.5 Å². The third kappa shape index (κ3) is 4.10. The average molecular weight is 270 g/mol. The predicted molar refractivity (Wildman–Crippen MR) is 83.9 cm³/mol. The molecule has 2 aromatic carbocycles. The predicted octanol–water partition coefficient (Wildman–Crippen LogP) is 3.09. The second-order valence-electron chi connectivity index (χ2n) is 5.12. The number of rotatable bonds is 7. The molecule has 0 aliphatic carbocycles. The third-order valence-corrected chi connectivity index (χ3v) is 3.56. The summed E-state index contributed by atoms with van der Waals surface area (Å²) < 4.78 is 5.96. The molecule has 0 amide bonds. The molecule has 0 aliphatic rings. The first-order valence-electron chi connectivity index (χ1n) is 7.42. The van der Waals surface area contributed by atoms with Gasteiger partial charge in [-0.25, -0.2) is 0 Å². The Morgan fingerprint density at radius 1 is 1.00 bits per heavy atom. The maximum Gasteiger partial charge on any atom is 0.137 e. The fraction of sp³-hybridized carbons (Fsp3) is 0.333. The number of hydrogen-bond acceptors (Lipinski definition) is 1. The van der Waals surface area contributed by atoms with E-state index in [4.69, 9.17) is 4.74 Å². The van der Waals surface area contributed by atoms with E-state index >= 15 is 0 Å². The Kier molecular flexibility index (Phi) is 5.63. The molecule has 2 nitrogen and oxygen atoms in total. The minimum absolute atomic E-state index is 0.669. The van der Waals surface area contributed by atoms with Crippen molar-refractivity contribution < 1.29 is 10.1 Å². The van der Waals surface area contributed by atoms with Gasteiger partial charge in [-0.05, 0) is 25.0 Å². The zero-order chi connectivity index (χ0) is 14.2. The second-order valence-corrected chi connectivity index (χ2v) is 5.12. The van der Waals surface area contributed by atoms with E-state index in [1.807, 2.05) is 18.2 Å². The van der Waals surface area contributed by atoms with Crippen LogP contribution < -0.4 is 10.1 Å². The van der Waals surface area contributed by atoms with Crippen molar-refractivity contribution in [3.8, 4) is 16.9 Å². The highest BCUT2D eigenvalue weighted by Gasteiger charge is 2.06. The number of nitrogens with two attached hydrogens (primary N) is 1. The molecule has 2 rings (SSSR count). The first kappa shape index (κ1) is 14.6. The monoisotopic (exact) mass is 270 g/mol. The Hall–Kier alpha value is -1.80. The maximum absolute atomic E-state index is 5.96. The summed E-state index contributed by atoms with van der Waals surface area (Å²) in [5.41, 5.74) is 2.37. The van der Waals surface area contributed by atoms with Crippen LogP contribution in [0.2, 0.25) is 0 Å². The summed E-state index contributed by atoms with van der Waals surface area (Å²) in [5, 5.41) is 2.34. The Morgan fingerprint density at radius 3 is 2.45 bits per heavy atom. The van der Waals surface area contributed by atoms with Crippen LogP contribution in [0.5, 0.6) is 5.75 Å². The molecule has 0 unspecified atom stereocenters. The van der Waals surface area contributed by atoms with Crippen molar-refractivity contribution in [3.05, 3.63) is 54.6 Å². The zero-order valence-electron chi connectivity index (χ0n) is 12.4. The zero-order valence-corrected chi connectivity index (χ0v) is 12.4. The molecule has 0 spiro atoms. The van der Waals surface area contributed by atoms with Gasteiger partial charge in [-0.3, -0.25) is 0 Å². The molecule has 0 aromatic heterocycles. The molecule has 0 heterocycles. The Labute approximate surface area is 121 Å². The normalized spacial score (nSPS) is 12.1. The van der Waals surface area contributed by atoms with Crippen molar-refractivity contribution in [2.24, 2.45) is 0 Å². The van der Waals surface area contributed by atoms with Crippen molar-refractivity contribution in [1.29, 1.82) is 0 Å². The van der Waals surface area contributed by atoms with Crippen molar-refractivity contribution in [1.82, 2.24) is 0 Å². The van der Waals surface area contributed by atoms with E-state index in [0.29, 0.717) is 6.04 Å². The summed E-state index contributed by atoms with van der Waals surface area (Å²) in [7, 11) is 0. The van der Waals surface area contributed by atoms with E-state index in [2.05, 4.69) is 55.6 Å². The lowest BCUT2D eigenvalue weighted by atomic mass is 10.1. The van der Waals surface area contributed by atoms with E-state index in [-0.39, 0.29) is 0 Å². The number of ether oxygens (including phenoxy) is 1. The average Bonchev–Trinajstić information content (AvgIpc) is 2.52. The first-order chi connectivity index (χ1) is 9.81. The standard InChI is InChI=1S/C18H23NO/c1-3-15(2)19-13-14-20-18-12-8-7-11-17(18)16-9-5-4-6-10-16/h4-12,15,19H,3,13-14H2,1-2H3/p+1/t15-/m1/s1. The minimum atomic E-state index is 0.669. The molecule has 0 fully saturated rings. The minimum Gasteiger partial charge on any atom is -0.487 e. The summed E-state index contributed by atoms with van der Waals surface area (Å²) in [6.07, 6.45) is 1.20. The van der Waals surface area contributed by atoms with Gasteiger partial charge < -0.3 is 10.1 Å². The number of hydrogen-bond donors (Lipinski definition) is 1. The van der Waals surface area contributed by atoms with Gasteiger partial charge in [-0.2, -0.15) is 0 Å². The van der Waals surface area contributed by atoms with E-state index in [1.165, 1.54) is 12.0 Å². The lowest BCUT2D eigenvalue weighted by Gasteiger charge is -2.12. The van der Waals surface area contributed by atoms with Gasteiger partial charge in [0.15, 0.2) is 0 Å². The van der Waals surface area contributed by atoms with Crippen molar-refractivity contribution in [3.63, 3.8) is 0 Å². The van der Waals surface area contributed by atoms with Gasteiger partial charge in [-0.15, -0.1) is 0 Å². The largest absolute Gasteiger partial charge is 0.487 e. The fourth-order valence-electron chi connectivity index (χ4n) is 2.14. The van der Waals surface area contributed by atoms with Crippen molar-refractivity contribution in [2.75, 3.05) is 13.2 Å². The molecule has 0 saturated heterocycles. The molecular weight excluding hydrogens is 246 g/mol. The molecule has 0 saturated carbocycles. The highest BCUT2D eigenvalue weighted by molar-refractivity contribution is 5.70. The van der Waals surface area contributed by atoms with E-state index in [9.17, 15) is 0 Å². The third-order valence-electron chi connectivity index (χ3n) is 3.56. The smallest absolute Gasteiger partial charge is 0.137 e. The van der Waals surface area contributed by atoms with Gasteiger partial charge in [0, 0.05) is 5.56 Å². The van der Waals surface area contributed by atoms with Crippen LogP contribution in [0.1, 0.15) is 20.3 Å². The molecule has 0 aliphatic heterocycles. The van der Waals surface area contributed by atoms with Crippen LogP contribution in [0, 0.1) is 0 Å². The van der Waals surface area contributed by atoms with Crippen LogP contribution in [0.15, 0.2) is 54.6 Å². The van der Waals surface area contributed by atoms with Crippen molar-refractivity contribution in [2.45, 2.75) is 26.3 Å². The van der Waals surface area contributed by atoms with E-state index < -0.39 is 0 Å². The van der Waals surface area contributed by atoms with Crippen LogP contribution in [0.3, 0.4) is 0 Å². The number of quaternary nitrogens is 1. The van der Waals surface area contributed by atoms with E-state index in [1.54, 1.807) is 0 Å². The van der Waals surface area contributed by atoms with Crippen LogP contribution in [-0.4, -0.2) is 19.2 Å². The molecule has 0 bridgehead atoms. The van der Waals surface area contributed by atoms with Gasteiger partial charge in [0.25, 0.3) is 0 Å². The van der Waals surface area contributed by atoms with Gasteiger partial charge in [0.2, 0.25) is 0 Å². The second kappa shape index (κ2) is 7.71. The van der Waals surface area contributed by atoms with Crippen LogP contribution in [0.25, 0.3) is 11.1 Å².